The average molecular weight is 442 g/mol. The van der Waals surface area contributed by atoms with Gasteiger partial charge in [0.2, 0.25) is 5.13 Å². The smallest absolute Gasteiger partial charge is 0.266 e. The minimum atomic E-state index is -0.642. The summed E-state index contributed by atoms with van der Waals surface area (Å²) < 4.78 is 6.81. The molecule has 0 aliphatic carbocycles. The first-order valence-electron chi connectivity index (χ1n) is 9.92. The average Bonchev–Trinajstić information content (AvgIpc) is 3.14. The van der Waals surface area contributed by atoms with Crippen molar-refractivity contribution >= 4 is 34.1 Å². The number of aromatic nitrogens is 2. The minimum absolute atomic E-state index is 0.238. The van der Waals surface area contributed by atoms with Crippen molar-refractivity contribution in [1.29, 1.82) is 0 Å². The topological polar surface area (TPSA) is 64.1 Å². The Labute approximate surface area is 186 Å². The Bertz CT molecular complexity index is 1020. The summed E-state index contributed by atoms with van der Waals surface area (Å²) in [6, 6.07) is 14.4. The molecular weight excluding hydrogens is 414 g/mol. The van der Waals surface area contributed by atoms with Gasteiger partial charge in [-0.05, 0) is 55.0 Å². The number of amides is 1. The summed E-state index contributed by atoms with van der Waals surface area (Å²) >= 11 is 2.99. The summed E-state index contributed by atoms with van der Waals surface area (Å²) in [5.41, 5.74) is 4.71. The van der Waals surface area contributed by atoms with E-state index in [0.29, 0.717) is 11.0 Å². The van der Waals surface area contributed by atoms with Crippen LogP contribution in [0.5, 0.6) is 5.75 Å². The van der Waals surface area contributed by atoms with Crippen LogP contribution in [-0.4, -0.2) is 22.2 Å². The van der Waals surface area contributed by atoms with Crippen molar-refractivity contribution in [1.82, 2.24) is 10.2 Å². The fourth-order valence-electron chi connectivity index (χ4n) is 2.90. The number of carbonyl (C=O) groups excluding carboxylic acids is 1. The van der Waals surface area contributed by atoms with E-state index in [0.717, 1.165) is 27.0 Å². The second-order valence-corrected chi connectivity index (χ2v) is 9.73. The molecule has 1 atom stereocenters. The van der Waals surface area contributed by atoms with E-state index in [9.17, 15) is 4.79 Å². The predicted octanol–water partition coefficient (Wildman–Crippen LogP) is 5.98. The highest BCUT2D eigenvalue weighted by atomic mass is 32.2. The van der Waals surface area contributed by atoms with E-state index in [1.54, 1.807) is 18.7 Å². The zero-order valence-electron chi connectivity index (χ0n) is 17.9. The Morgan fingerprint density at radius 1 is 1.13 bits per heavy atom. The molecule has 0 bridgehead atoms. The van der Waals surface area contributed by atoms with Crippen LogP contribution in [0, 0.1) is 13.8 Å². The molecule has 0 radical (unpaired) electrons. The molecule has 3 aromatic rings. The van der Waals surface area contributed by atoms with E-state index in [2.05, 4.69) is 60.6 Å². The Kier molecular flexibility index (Phi) is 7.50. The molecule has 1 aromatic heterocycles. The summed E-state index contributed by atoms with van der Waals surface area (Å²) in [5.74, 6) is 1.64. The third kappa shape index (κ3) is 5.83. The van der Waals surface area contributed by atoms with Crippen LogP contribution in [0.4, 0.5) is 5.13 Å². The first kappa shape index (κ1) is 22.3. The standard InChI is InChI=1S/C23H27N3O2S2/c1-14(2)19-11-10-15(3)12-20(19)28-17(5)21(27)24-22-25-26-23(30-22)29-13-18-9-7-6-8-16(18)4/h6-12,14,17H,13H2,1-5H3,(H,24,25,27). The molecule has 5 nitrogen and oxygen atoms in total. The quantitative estimate of drug-likeness (QED) is 0.344. The van der Waals surface area contributed by atoms with E-state index in [1.165, 1.54) is 22.5 Å². The van der Waals surface area contributed by atoms with Gasteiger partial charge >= 0.3 is 0 Å². The molecule has 0 aliphatic heterocycles. The van der Waals surface area contributed by atoms with Crippen molar-refractivity contribution in [2.75, 3.05) is 5.32 Å². The van der Waals surface area contributed by atoms with Gasteiger partial charge in [-0.3, -0.25) is 10.1 Å². The third-order valence-electron chi connectivity index (χ3n) is 4.71. The summed E-state index contributed by atoms with van der Waals surface area (Å²) in [5, 5.41) is 11.6. The zero-order valence-corrected chi connectivity index (χ0v) is 19.6. The maximum Gasteiger partial charge on any atom is 0.266 e. The largest absolute Gasteiger partial charge is 0.481 e. The Morgan fingerprint density at radius 3 is 2.63 bits per heavy atom. The molecule has 1 amide bonds. The number of rotatable bonds is 8. The van der Waals surface area contributed by atoms with E-state index >= 15 is 0 Å². The molecule has 1 N–H and O–H groups in total. The number of hydrogen-bond donors (Lipinski definition) is 1. The van der Waals surface area contributed by atoms with Crippen LogP contribution in [0.1, 0.15) is 48.9 Å². The highest BCUT2D eigenvalue weighted by Crippen LogP contribution is 2.30. The Morgan fingerprint density at radius 2 is 1.90 bits per heavy atom. The highest BCUT2D eigenvalue weighted by Gasteiger charge is 2.19. The molecule has 1 unspecified atom stereocenters. The molecule has 2 aromatic carbocycles. The van der Waals surface area contributed by atoms with Crippen LogP contribution in [0.25, 0.3) is 0 Å². The van der Waals surface area contributed by atoms with E-state index in [1.807, 2.05) is 25.1 Å². The number of nitrogens with one attached hydrogen (secondary N) is 1. The van der Waals surface area contributed by atoms with E-state index in [-0.39, 0.29) is 5.91 Å². The molecule has 30 heavy (non-hydrogen) atoms. The lowest BCUT2D eigenvalue weighted by molar-refractivity contribution is -0.122. The summed E-state index contributed by atoms with van der Waals surface area (Å²) in [7, 11) is 0. The van der Waals surface area contributed by atoms with E-state index in [4.69, 9.17) is 4.74 Å². The van der Waals surface area contributed by atoms with Gasteiger partial charge < -0.3 is 4.74 Å². The maximum atomic E-state index is 12.6. The number of ether oxygens (including phenoxy) is 1. The van der Waals surface area contributed by atoms with Crippen molar-refractivity contribution in [2.24, 2.45) is 0 Å². The van der Waals surface area contributed by atoms with Crippen molar-refractivity contribution in [3.8, 4) is 5.75 Å². The summed E-state index contributed by atoms with van der Waals surface area (Å²) in [6.07, 6.45) is -0.642. The molecule has 158 valence electrons. The molecule has 0 aliphatic rings. The lowest BCUT2D eigenvalue weighted by atomic mass is 10.0. The van der Waals surface area contributed by atoms with Crippen molar-refractivity contribution in [3.63, 3.8) is 0 Å². The lowest BCUT2D eigenvalue weighted by Crippen LogP contribution is -2.30. The van der Waals surface area contributed by atoms with Crippen LogP contribution in [0.15, 0.2) is 46.8 Å². The van der Waals surface area contributed by atoms with E-state index < -0.39 is 6.10 Å². The van der Waals surface area contributed by atoms with Gasteiger partial charge in [-0.25, -0.2) is 0 Å². The van der Waals surface area contributed by atoms with Crippen molar-refractivity contribution in [3.05, 3.63) is 64.7 Å². The van der Waals surface area contributed by atoms with Gasteiger partial charge in [-0.2, -0.15) is 0 Å². The second-order valence-electron chi connectivity index (χ2n) is 7.53. The van der Waals surface area contributed by atoms with Gasteiger partial charge in [0.15, 0.2) is 10.4 Å². The second kappa shape index (κ2) is 10.1. The molecule has 0 spiro atoms. The SMILES string of the molecule is Cc1ccc(C(C)C)c(OC(C)C(=O)Nc2nnc(SCc3ccccc3C)s2)c1. The number of hydrogen-bond acceptors (Lipinski definition) is 6. The molecule has 0 fully saturated rings. The molecule has 0 saturated carbocycles. The third-order valence-corrected chi connectivity index (χ3v) is 6.73. The Hall–Kier alpha value is -2.38. The van der Waals surface area contributed by atoms with Crippen LogP contribution < -0.4 is 10.1 Å². The molecule has 0 saturated heterocycles. The fraction of sp³-hybridized carbons (Fsp3) is 0.348. The monoisotopic (exact) mass is 441 g/mol. The first-order chi connectivity index (χ1) is 14.3. The van der Waals surface area contributed by atoms with Gasteiger partial charge in [0.25, 0.3) is 5.91 Å². The maximum absolute atomic E-state index is 12.6. The van der Waals surface area contributed by atoms with Crippen LogP contribution in [0.3, 0.4) is 0 Å². The fourth-order valence-corrected chi connectivity index (χ4v) is 4.73. The normalized spacial score (nSPS) is 12.1. The van der Waals surface area contributed by atoms with Crippen molar-refractivity contribution in [2.45, 2.75) is 56.7 Å². The van der Waals surface area contributed by atoms with Gasteiger partial charge in [-0.15, -0.1) is 10.2 Å². The number of aryl methyl sites for hydroxylation is 2. The van der Waals surface area contributed by atoms with Gasteiger partial charge in [0, 0.05) is 5.75 Å². The number of thioether (sulfide) groups is 1. The molecule has 1 heterocycles. The van der Waals surface area contributed by atoms with Gasteiger partial charge in [-0.1, -0.05) is 73.3 Å². The minimum Gasteiger partial charge on any atom is -0.481 e. The van der Waals surface area contributed by atoms with Gasteiger partial charge in [0.1, 0.15) is 5.75 Å². The number of anilines is 1. The molecular formula is C23H27N3O2S2. The van der Waals surface area contributed by atoms with Crippen molar-refractivity contribution < 1.29 is 9.53 Å². The molecule has 7 heteroatoms. The summed E-state index contributed by atoms with van der Waals surface area (Å²) in [4.78, 5) is 12.6. The number of carbonyl (C=O) groups is 1. The predicted molar refractivity (Wildman–Crippen MR) is 125 cm³/mol. The Balaban J connectivity index is 1.59. The molecule has 3 rings (SSSR count). The zero-order chi connectivity index (χ0) is 21.7. The highest BCUT2D eigenvalue weighted by molar-refractivity contribution is 8.00. The van der Waals surface area contributed by atoms with Gasteiger partial charge in [0.05, 0.1) is 0 Å². The number of nitrogens with zero attached hydrogens (tertiary/aromatic N) is 2. The summed E-state index contributed by atoms with van der Waals surface area (Å²) in [6.45, 7) is 10.1. The lowest BCUT2D eigenvalue weighted by Gasteiger charge is -2.18. The van der Waals surface area contributed by atoms with Crippen LogP contribution in [-0.2, 0) is 10.5 Å². The van der Waals surface area contributed by atoms with Crippen LogP contribution in [0.2, 0.25) is 0 Å². The first-order valence-corrected chi connectivity index (χ1v) is 11.7. The van der Waals surface area contributed by atoms with Crippen LogP contribution >= 0.6 is 23.1 Å². The number of benzene rings is 2.